The van der Waals surface area contributed by atoms with Crippen molar-refractivity contribution in [1.29, 1.82) is 0 Å². The third-order valence-electron chi connectivity index (χ3n) is 9.38. The summed E-state index contributed by atoms with van der Waals surface area (Å²) >= 11 is 0. The van der Waals surface area contributed by atoms with E-state index >= 15 is 0 Å². The van der Waals surface area contributed by atoms with E-state index in [4.69, 9.17) is 9.72 Å². The van der Waals surface area contributed by atoms with Crippen LogP contribution < -0.4 is 9.46 Å². The van der Waals surface area contributed by atoms with E-state index in [0.717, 1.165) is 33.4 Å². The Morgan fingerprint density at radius 2 is 1.76 bits per heavy atom. The Morgan fingerprint density at radius 3 is 2.45 bits per heavy atom. The molecule has 0 aliphatic carbocycles. The number of aryl methyl sites for hydroxylation is 2. The average molecular weight is 780 g/mol. The Kier molecular flexibility index (Phi) is 10.7. The zero-order valence-electron chi connectivity index (χ0n) is 31.9. The third-order valence-corrected chi connectivity index (χ3v) is 10.7. The van der Waals surface area contributed by atoms with Gasteiger partial charge in [0.1, 0.15) is 12.1 Å². The Hall–Kier alpha value is -5.09. The van der Waals surface area contributed by atoms with Crippen molar-refractivity contribution < 1.29 is 35.9 Å². The Labute approximate surface area is 318 Å². The van der Waals surface area contributed by atoms with Crippen molar-refractivity contribution in [2.24, 2.45) is 13.0 Å². The molecule has 0 spiro atoms. The number of sulfonamides is 1. The molecule has 292 valence electrons. The lowest BCUT2D eigenvalue weighted by atomic mass is 9.91. The summed E-state index contributed by atoms with van der Waals surface area (Å²) in [5.74, 6) is -0.911. The van der Waals surface area contributed by atoms with Crippen molar-refractivity contribution in [2.75, 3.05) is 17.9 Å². The van der Waals surface area contributed by atoms with Gasteiger partial charge in [0.05, 0.1) is 41.7 Å². The first-order valence-electron chi connectivity index (χ1n) is 17.8. The van der Waals surface area contributed by atoms with Crippen LogP contribution in [0.15, 0.2) is 59.6 Å². The van der Waals surface area contributed by atoms with Crippen molar-refractivity contribution >= 4 is 33.0 Å². The fourth-order valence-electron chi connectivity index (χ4n) is 6.79. The SMILES string of the molecule is Cc1cccc(CC(C)C)c1-c1nc2nc(c1C)OC[C@@H](COC(F)(F)F)N(Cc1cnc3cc(C(C)(C)C)n(C)c3n1)C(=O)c1cccc(c1)S(=O)(=O)N2. The van der Waals surface area contributed by atoms with E-state index in [-0.39, 0.29) is 45.9 Å². The van der Waals surface area contributed by atoms with Gasteiger partial charge in [-0.25, -0.2) is 23.1 Å². The van der Waals surface area contributed by atoms with Gasteiger partial charge in [-0.15, -0.1) is 13.2 Å². The summed E-state index contributed by atoms with van der Waals surface area (Å²) in [5, 5.41) is 0. The molecule has 1 amide bonds. The highest BCUT2D eigenvalue weighted by molar-refractivity contribution is 7.92. The second kappa shape index (κ2) is 14.9. The standard InChI is InChI=1S/C39H44F3N7O5S/c1-22(2)15-25-12-9-11-23(3)32(25)33-24(4)35-46-37(45-33)47-55(51,52)29-14-10-13-26(16-29)36(50)49(28(20-53-35)21-54-39(40,41)42)19-27-18-43-30-17-31(38(5,6)7)48(8)34(30)44-27/h9-14,16-18,22,28H,15,19-21H2,1-8H3,(H,45,46,47)/t28-/m0/s1. The number of carbonyl (C=O) groups excluding carboxylic acids is 1. The highest BCUT2D eigenvalue weighted by atomic mass is 32.2. The van der Waals surface area contributed by atoms with Crippen molar-refractivity contribution in [3.8, 4) is 17.1 Å². The largest absolute Gasteiger partial charge is 0.522 e. The number of nitrogens with one attached hydrogen (secondary N) is 1. The number of rotatable bonds is 7. The van der Waals surface area contributed by atoms with Gasteiger partial charge in [0.15, 0.2) is 5.65 Å². The number of hydrogen-bond acceptors (Lipinski definition) is 9. The van der Waals surface area contributed by atoms with Crippen LogP contribution in [-0.4, -0.2) is 69.3 Å². The number of ether oxygens (including phenoxy) is 2. The van der Waals surface area contributed by atoms with E-state index < -0.39 is 41.5 Å². The molecule has 4 bridgehead atoms. The molecular formula is C39H44F3N7O5S. The monoisotopic (exact) mass is 779 g/mol. The fraction of sp³-hybridized carbons (Fsp3) is 0.410. The lowest BCUT2D eigenvalue weighted by molar-refractivity contribution is -0.328. The molecule has 16 heteroatoms. The number of nitrogens with zero attached hydrogens (tertiary/aromatic N) is 6. The van der Waals surface area contributed by atoms with E-state index in [0.29, 0.717) is 28.8 Å². The topological polar surface area (TPSA) is 141 Å². The first-order valence-corrected chi connectivity index (χ1v) is 19.3. The predicted octanol–water partition coefficient (Wildman–Crippen LogP) is 7.28. The van der Waals surface area contributed by atoms with Gasteiger partial charge in [0, 0.05) is 34.8 Å². The van der Waals surface area contributed by atoms with Gasteiger partial charge in [0.2, 0.25) is 11.8 Å². The third kappa shape index (κ3) is 8.59. The molecule has 0 saturated carbocycles. The minimum Gasteiger partial charge on any atom is -0.475 e. The molecule has 12 nitrogen and oxygen atoms in total. The van der Waals surface area contributed by atoms with Gasteiger partial charge < -0.3 is 14.2 Å². The van der Waals surface area contributed by atoms with Crippen LogP contribution in [0.5, 0.6) is 5.88 Å². The van der Waals surface area contributed by atoms with E-state index in [1.54, 1.807) is 6.92 Å². The van der Waals surface area contributed by atoms with Crippen molar-refractivity contribution in [1.82, 2.24) is 29.4 Å². The highest BCUT2D eigenvalue weighted by Gasteiger charge is 2.35. The molecule has 3 aromatic heterocycles. The smallest absolute Gasteiger partial charge is 0.475 e. The summed E-state index contributed by atoms with van der Waals surface area (Å²) in [4.78, 5) is 33.7. The second-order valence-corrected chi connectivity index (χ2v) is 16.9. The molecule has 0 unspecified atom stereocenters. The predicted molar refractivity (Wildman–Crippen MR) is 201 cm³/mol. The molecule has 2 aromatic carbocycles. The molecule has 4 heterocycles. The van der Waals surface area contributed by atoms with Crippen LogP contribution in [0.4, 0.5) is 19.1 Å². The summed E-state index contributed by atoms with van der Waals surface area (Å²) in [6.45, 7) is 12.0. The molecule has 6 rings (SSSR count). The van der Waals surface area contributed by atoms with Crippen LogP contribution in [0.1, 0.15) is 73.1 Å². The van der Waals surface area contributed by atoms with E-state index in [1.807, 2.05) is 63.6 Å². The first-order chi connectivity index (χ1) is 25.7. The number of alkyl halides is 3. The maximum atomic E-state index is 14.4. The highest BCUT2D eigenvalue weighted by Crippen LogP contribution is 2.35. The Morgan fingerprint density at radius 1 is 1.04 bits per heavy atom. The van der Waals surface area contributed by atoms with Crippen LogP contribution in [0, 0.1) is 19.8 Å². The van der Waals surface area contributed by atoms with E-state index in [9.17, 15) is 26.4 Å². The summed E-state index contributed by atoms with van der Waals surface area (Å²) in [6, 6.07) is 11.5. The number of benzene rings is 2. The van der Waals surface area contributed by atoms with Gasteiger partial charge >= 0.3 is 6.36 Å². The van der Waals surface area contributed by atoms with E-state index in [2.05, 4.69) is 38.3 Å². The first kappa shape index (κ1) is 39.6. The lowest BCUT2D eigenvalue weighted by Crippen LogP contribution is -2.47. The normalized spacial score (nSPS) is 16.3. The molecule has 1 N–H and O–H groups in total. The van der Waals surface area contributed by atoms with Gasteiger partial charge in [0.25, 0.3) is 15.9 Å². The van der Waals surface area contributed by atoms with Gasteiger partial charge in [-0.1, -0.05) is 58.9 Å². The quantitative estimate of drug-likeness (QED) is 0.181. The maximum Gasteiger partial charge on any atom is 0.522 e. The fourth-order valence-corrected chi connectivity index (χ4v) is 7.78. The summed E-state index contributed by atoms with van der Waals surface area (Å²) < 4.78 is 83.6. The summed E-state index contributed by atoms with van der Waals surface area (Å²) in [7, 11) is -2.55. The molecule has 1 aliphatic rings. The van der Waals surface area contributed by atoms with Gasteiger partial charge in [-0.05, 0) is 61.6 Å². The van der Waals surface area contributed by atoms with Crippen molar-refractivity contribution in [3.63, 3.8) is 0 Å². The number of aromatic nitrogens is 5. The number of carbonyl (C=O) groups is 1. The molecule has 55 heavy (non-hydrogen) atoms. The molecular weight excluding hydrogens is 736 g/mol. The number of amides is 1. The zero-order chi connectivity index (χ0) is 40.0. The number of fused-ring (bicyclic) bond motifs is 5. The Balaban J connectivity index is 1.52. The summed E-state index contributed by atoms with van der Waals surface area (Å²) in [6.07, 6.45) is -2.89. The maximum absolute atomic E-state index is 14.4. The van der Waals surface area contributed by atoms with Crippen molar-refractivity contribution in [2.45, 2.75) is 84.1 Å². The molecule has 0 saturated heterocycles. The number of anilines is 1. The molecule has 1 aliphatic heterocycles. The van der Waals surface area contributed by atoms with Crippen LogP contribution in [0.2, 0.25) is 0 Å². The number of hydrogen-bond donors (Lipinski definition) is 1. The molecule has 5 aromatic rings. The minimum absolute atomic E-state index is 0.0865. The number of halogens is 3. The zero-order valence-corrected chi connectivity index (χ0v) is 32.8. The van der Waals surface area contributed by atoms with Crippen LogP contribution >= 0.6 is 0 Å². The molecule has 0 radical (unpaired) electrons. The minimum atomic E-state index is -5.04. The van der Waals surface area contributed by atoms with Crippen LogP contribution in [0.3, 0.4) is 0 Å². The van der Waals surface area contributed by atoms with Crippen molar-refractivity contribution in [3.05, 3.63) is 88.4 Å². The summed E-state index contributed by atoms with van der Waals surface area (Å²) in [5.41, 5.74) is 5.39. The molecule has 0 fully saturated rings. The lowest BCUT2D eigenvalue weighted by Gasteiger charge is -2.32. The second-order valence-electron chi connectivity index (χ2n) is 15.2. The van der Waals surface area contributed by atoms with Crippen LogP contribution in [-0.2, 0) is 40.2 Å². The van der Waals surface area contributed by atoms with E-state index in [1.165, 1.54) is 24.4 Å². The average Bonchev–Trinajstić information content (AvgIpc) is 3.43. The Bertz CT molecular complexity index is 2370. The van der Waals surface area contributed by atoms with Crippen LogP contribution in [0.25, 0.3) is 22.4 Å². The van der Waals surface area contributed by atoms with Gasteiger partial charge in [-0.2, -0.15) is 4.98 Å². The van der Waals surface area contributed by atoms with Gasteiger partial charge in [-0.3, -0.25) is 14.5 Å². The molecule has 1 atom stereocenters.